The van der Waals surface area contributed by atoms with Crippen molar-refractivity contribution in [3.63, 3.8) is 0 Å². The van der Waals surface area contributed by atoms with Gasteiger partial charge in [-0.2, -0.15) is 5.10 Å². The Morgan fingerprint density at radius 3 is 2.30 bits per heavy atom. The Kier molecular flexibility index (Phi) is 9.55. The molecule has 40 heavy (non-hydrogen) atoms. The van der Waals surface area contributed by atoms with Gasteiger partial charge in [0.05, 0.1) is 16.8 Å². The first-order valence-electron chi connectivity index (χ1n) is 13.2. The highest BCUT2D eigenvalue weighted by Gasteiger charge is 2.28. The van der Waals surface area contributed by atoms with Crippen molar-refractivity contribution in [2.75, 3.05) is 30.5 Å². The Hall–Kier alpha value is -4.18. The van der Waals surface area contributed by atoms with Crippen LogP contribution in [-0.4, -0.2) is 57.6 Å². The highest BCUT2D eigenvalue weighted by Crippen LogP contribution is 2.26. The van der Waals surface area contributed by atoms with E-state index in [9.17, 15) is 18.0 Å². The molecule has 1 saturated heterocycles. The van der Waals surface area contributed by atoms with Gasteiger partial charge in [-0.05, 0) is 86.7 Å². The molecule has 0 aromatic heterocycles. The van der Waals surface area contributed by atoms with Crippen molar-refractivity contribution in [1.29, 1.82) is 0 Å². The number of aryl methyl sites for hydroxylation is 2. The molecule has 3 aromatic rings. The van der Waals surface area contributed by atoms with Gasteiger partial charge in [0.15, 0.2) is 6.61 Å². The van der Waals surface area contributed by atoms with E-state index < -0.39 is 22.5 Å². The third-order valence-electron chi connectivity index (χ3n) is 6.63. The minimum Gasteiger partial charge on any atom is -0.484 e. The highest BCUT2D eigenvalue weighted by molar-refractivity contribution is 7.92. The number of carbonyl (C=O) groups is 2. The quantitative estimate of drug-likeness (QED) is 0.296. The van der Waals surface area contributed by atoms with Gasteiger partial charge in [0, 0.05) is 13.1 Å². The van der Waals surface area contributed by atoms with Crippen LogP contribution in [-0.2, 0) is 19.6 Å². The molecule has 1 aliphatic heterocycles. The van der Waals surface area contributed by atoms with Gasteiger partial charge >= 0.3 is 0 Å². The van der Waals surface area contributed by atoms with E-state index in [-0.39, 0.29) is 17.4 Å². The van der Waals surface area contributed by atoms with Gasteiger partial charge < -0.3 is 9.64 Å². The number of nitrogens with zero attached hydrogens (tertiary/aromatic N) is 3. The van der Waals surface area contributed by atoms with Crippen LogP contribution >= 0.6 is 0 Å². The van der Waals surface area contributed by atoms with Crippen molar-refractivity contribution in [3.05, 3.63) is 89.5 Å². The molecule has 0 aliphatic carbocycles. The SMILES string of the molecule is Cc1ccc(S(=O)(=O)N(CC(=O)N/N=C\c2ccc(OCC(=O)N3CCCCC3)cc2)c2ccccc2C)cc1. The number of ether oxygens (including phenoxy) is 1. The van der Waals surface area contributed by atoms with E-state index in [2.05, 4.69) is 10.5 Å². The maximum Gasteiger partial charge on any atom is 0.264 e. The Morgan fingerprint density at radius 1 is 0.950 bits per heavy atom. The largest absolute Gasteiger partial charge is 0.484 e. The van der Waals surface area contributed by atoms with Crippen LogP contribution in [0.2, 0.25) is 0 Å². The topological polar surface area (TPSA) is 108 Å². The molecule has 0 atom stereocenters. The number of piperidine rings is 1. The summed E-state index contributed by atoms with van der Waals surface area (Å²) in [6.45, 7) is 4.77. The predicted molar refractivity (Wildman–Crippen MR) is 155 cm³/mol. The summed E-state index contributed by atoms with van der Waals surface area (Å²) in [5, 5.41) is 3.99. The van der Waals surface area contributed by atoms with Crippen LogP contribution in [0.1, 0.15) is 36.0 Å². The first-order valence-corrected chi connectivity index (χ1v) is 14.7. The van der Waals surface area contributed by atoms with Crippen molar-refractivity contribution >= 4 is 33.7 Å². The zero-order valence-corrected chi connectivity index (χ0v) is 23.6. The van der Waals surface area contributed by atoms with Crippen LogP contribution in [0.5, 0.6) is 5.75 Å². The molecule has 0 bridgehead atoms. The monoisotopic (exact) mass is 562 g/mol. The molecule has 210 valence electrons. The predicted octanol–water partition coefficient (Wildman–Crippen LogP) is 4.04. The Labute approximate surface area is 235 Å². The van der Waals surface area contributed by atoms with Gasteiger partial charge in [0.25, 0.3) is 21.8 Å². The molecular weight excluding hydrogens is 528 g/mol. The average Bonchev–Trinajstić information content (AvgIpc) is 2.96. The summed E-state index contributed by atoms with van der Waals surface area (Å²) in [7, 11) is -4.01. The van der Waals surface area contributed by atoms with Crippen LogP contribution < -0.4 is 14.5 Å². The van der Waals surface area contributed by atoms with E-state index in [0.29, 0.717) is 17.0 Å². The highest BCUT2D eigenvalue weighted by atomic mass is 32.2. The normalized spacial score (nSPS) is 13.7. The molecule has 1 heterocycles. The van der Waals surface area contributed by atoms with Crippen LogP contribution in [0.4, 0.5) is 5.69 Å². The van der Waals surface area contributed by atoms with Gasteiger partial charge in [-0.3, -0.25) is 13.9 Å². The lowest BCUT2D eigenvalue weighted by molar-refractivity contribution is -0.134. The minimum absolute atomic E-state index is 0.00756. The smallest absolute Gasteiger partial charge is 0.264 e. The fourth-order valence-corrected chi connectivity index (χ4v) is 5.84. The van der Waals surface area contributed by atoms with Crippen molar-refractivity contribution in [2.24, 2.45) is 5.10 Å². The molecule has 10 heteroatoms. The number of anilines is 1. The number of amides is 2. The Morgan fingerprint density at radius 2 is 1.62 bits per heavy atom. The van der Waals surface area contributed by atoms with Crippen molar-refractivity contribution < 1.29 is 22.7 Å². The number of sulfonamides is 1. The molecule has 4 rings (SSSR count). The second-order valence-corrected chi connectivity index (χ2v) is 11.6. The maximum absolute atomic E-state index is 13.5. The Balaban J connectivity index is 1.37. The van der Waals surface area contributed by atoms with Crippen LogP contribution in [0.3, 0.4) is 0 Å². The molecule has 1 fully saturated rings. The van der Waals surface area contributed by atoms with E-state index in [1.807, 2.05) is 17.9 Å². The number of hydrogen-bond acceptors (Lipinski definition) is 6. The van der Waals surface area contributed by atoms with E-state index in [0.717, 1.165) is 47.8 Å². The molecule has 1 N–H and O–H groups in total. The van der Waals surface area contributed by atoms with Crippen molar-refractivity contribution in [1.82, 2.24) is 10.3 Å². The minimum atomic E-state index is -4.01. The standard InChI is InChI=1S/C30H34N4O5S/c1-23-10-16-27(17-11-23)40(37,38)34(28-9-5-4-8-24(28)2)21-29(35)32-31-20-25-12-14-26(15-13-25)39-22-30(36)33-18-6-3-7-19-33/h4-5,8-17,20H,3,6-7,18-19,21-22H2,1-2H3,(H,32,35)/b31-20-. The lowest BCUT2D eigenvalue weighted by Gasteiger charge is -2.26. The number of para-hydroxylation sites is 1. The molecule has 0 radical (unpaired) electrons. The summed E-state index contributed by atoms with van der Waals surface area (Å²) in [6.07, 6.45) is 4.67. The van der Waals surface area contributed by atoms with Crippen LogP contribution in [0.15, 0.2) is 82.8 Å². The van der Waals surface area contributed by atoms with Gasteiger partial charge in [0.2, 0.25) is 0 Å². The summed E-state index contributed by atoms with van der Waals surface area (Å²) >= 11 is 0. The fourth-order valence-electron chi connectivity index (χ4n) is 4.35. The molecule has 9 nitrogen and oxygen atoms in total. The van der Waals surface area contributed by atoms with E-state index in [4.69, 9.17) is 4.74 Å². The van der Waals surface area contributed by atoms with Gasteiger partial charge in [0.1, 0.15) is 12.3 Å². The third kappa shape index (κ3) is 7.47. The molecule has 0 saturated carbocycles. The van der Waals surface area contributed by atoms with Crippen molar-refractivity contribution in [3.8, 4) is 5.75 Å². The lowest BCUT2D eigenvalue weighted by atomic mass is 10.1. The molecule has 2 amide bonds. The van der Waals surface area contributed by atoms with Gasteiger partial charge in [-0.1, -0.05) is 35.9 Å². The van der Waals surface area contributed by atoms with Gasteiger partial charge in [-0.15, -0.1) is 0 Å². The summed E-state index contributed by atoms with van der Waals surface area (Å²) in [5.74, 6) is -0.0507. The number of carbonyl (C=O) groups excluding carboxylic acids is 2. The fraction of sp³-hybridized carbons (Fsp3) is 0.300. The van der Waals surface area contributed by atoms with E-state index >= 15 is 0 Å². The number of likely N-dealkylation sites (tertiary alicyclic amines) is 1. The summed E-state index contributed by atoms with van der Waals surface area (Å²) in [4.78, 5) is 27.0. The first-order chi connectivity index (χ1) is 19.2. The number of hydrogen-bond donors (Lipinski definition) is 1. The number of benzene rings is 3. The number of nitrogens with one attached hydrogen (secondary N) is 1. The van der Waals surface area contributed by atoms with Crippen LogP contribution in [0, 0.1) is 13.8 Å². The maximum atomic E-state index is 13.5. The number of hydrazone groups is 1. The van der Waals surface area contributed by atoms with Crippen LogP contribution in [0.25, 0.3) is 0 Å². The lowest BCUT2D eigenvalue weighted by Crippen LogP contribution is -2.40. The zero-order valence-electron chi connectivity index (χ0n) is 22.7. The third-order valence-corrected chi connectivity index (χ3v) is 8.41. The first kappa shape index (κ1) is 28.8. The van der Waals surface area contributed by atoms with E-state index in [1.165, 1.54) is 18.3 Å². The zero-order chi connectivity index (χ0) is 28.5. The molecule has 1 aliphatic rings. The second kappa shape index (κ2) is 13.3. The molecular formula is C30H34N4O5S. The molecule has 0 unspecified atom stereocenters. The summed E-state index contributed by atoms with van der Waals surface area (Å²) < 4.78 is 33.7. The van der Waals surface area contributed by atoms with E-state index in [1.54, 1.807) is 61.5 Å². The number of rotatable bonds is 10. The van der Waals surface area contributed by atoms with Crippen molar-refractivity contribution in [2.45, 2.75) is 38.0 Å². The summed E-state index contributed by atoms with van der Waals surface area (Å²) in [6, 6.07) is 20.4. The molecule has 3 aromatic carbocycles. The summed E-state index contributed by atoms with van der Waals surface area (Å²) in [5.41, 5.74) is 5.17. The van der Waals surface area contributed by atoms with Gasteiger partial charge in [-0.25, -0.2) is 13.8 Å². The second-order valence-electron chi connectivity index (χ2n) is 9.70. The average molecular weight is 563 g/mol. The Bertz CT molecular complexity index is 1450. The molecule has 0 spiro atoms.